The van der Waals surface area contributed by atoms with Crippen LogP contribution in [0.4, 0.5) is 0 Å². The Labute approximate surface area is 298 Å². The van der Waals surface area contributed by atoms with E-state index in [0.717, 1.165) is 36.4 Å². The lowest BCUT2D eigenvalue weighted by Crippen LogP contribution is -2.55. The zero-order valence-corrected chi connectivity index (χ0v) is 27.3. The SMILES string of the molecule is OC[C@H]1O[C@@H](c2c(O)cc3c(c2O)[C@H](c2c(O)cc(O)c4c2O[C@H](c2ccc(O)c(O)c2)[C@H](O)C4)[C@@H](O)[C@@H](c2ccc(O)c(O)c2)O3)[C@H](O)[C@@H](O)[C@@H]1O. The first kappa shape index (κ1) is 36.0. The van der Waals surface area contributed by atoms with Gasteiger partial charge in [0.15, 0.2) is 29.1 Å². The van der Waals surface area contributed by atoms with Crippen LogP contribution < -0.4 is 9.47 Å². The van der Waals surface area contributed by atoms with E-state index in [0.29, 0.717) is 0 Å². The minimum Gasteiger partial charge on any atom is -0.507 e. The molecule has 0 radical (unpaired) electrons. The maximum Gasteiger partial charge on any atom is 0.157 e. The molecule has 4 aromatic rings. The average molecular weight is 741 g/mol. The summed E-state index contributed by atoms with van der Waals surface area (Å²) in [5.41, 5.74) is -1.02. The number of phenols is 8. The van der Waals surface area contributed by atoms with Gasteiger partial charge in [0.1, 0.15) is 77.2 Å². The quantitative estimate of drug-likeness (QED) is 0.124. The van der Waals surface area contributed by atoms with Gasteiger partial charge >= 0.3 is 0 Å². The molecule has 4 aromatic carbocycles. The van der Waals surface area contributed by atoms with E-state index in [1.54, 1.807) is 0 Å². The van der Waals surface area contributed by atoms with Gasteiger partial charge in [0.2, 0.25) is 0 Å². The number of ether oxygens (including phenoxy) is 3. The molecule has 0 saturated carbocycles. The van der Waals surface area contributed by atoms with E-state index in [2.05, 4.69) is 0 Å². The summed E-state index contributed by atoms with van der Waals surface area (Å²) in [6, 6.07) is 9.03. The van der Waals surface area contributed by atoms with Crippen LogP contribution in [0.2, 0.25) is 0 Å². The third-order valence-corrected chi connectivity index (χ3v) is 10.1. The number of hydrogen-bond acceptors (Lipinski definition) is 17. The van der Waals surface area contributed by atoms with Gasteiger partial charge in [-0.2, -0.15) is 0 Å². The summed E-state index contributed by atoms with van der Waals surface area (Å²) in [6.45, 7) is -0.837. The Bertz CT molecular complexity index is 2070. The smallest absolute Gasteiger partial charge is 0.157 e. The second kappa shape index (κ2) is 13.2. The van der Waals surface area contributed by atoms with Crippen LogP contribution in [-0.2, 0) is 11.2 Å². The molecule has 0 bridgehead atoms. The molecule has 3 aliphatic heterocycles. The molecule has 3 aliphatic rings. The van der Waals surface area contributed by atoms with E-state index < -0.39 is 119 Å². The minimum absolute atomic E-state index is 0.0453. The van der Waals surface area contributed by atoms with Gasteiger partial charge in [0, 0.05) is 35.2 Å². The van der Waals surface area contributed by atoms with Crippen molar-refractivity contribution in [3.63, 3.8) is 0 Å². The van der Waals surface area contributed by atoms with Crippen molar-refractivity contribution in [3.8, 4) is 57.5 Å². The highest BCUT2D eigenvalue weighted by molar-refractivity contribution is 5.68. The Balaban J connectivity index is 1.46. The van der Waals surface area contributed by atoms with Gasteiger partial charge in [0.05, 0.1) is 24.2 Å². The van der Waals surface area contributed by atoms with Crippen LogP contribution in [0, 0.1) is 0 Å². The predicted octanol–water partition coefficient (Wildman–Crippen LogP) is 0.510. The summed E-state index contributed by atoms with van der Waals surface area (Å²) >= 11 is 0. The molecule has 17 nitrogen and oxygen atoms in total. The number of aliphatic hydroxyl groups excluding tert-OH is 6. The Morgan fingerprint density at radius 3 is 1.74 bits per heavy atom. The van der Waals surface area contributed by atoms with Crippen molar-refractivity contribution in [2.45, 2.75) is 67.3 Å². The lowest BCUT2D eigenvalue weighted by Gasteiger charge is -2.42. The molecule has 1 fully saturated rings. The van der Waals surface area contributed by atoms with Crippen molar-refractivity contribution in [2.75, 3.05) is 6.61 Å². The van der Waals surface area contributed by atoms with Crippen molar-refractivity contribution in [1.82, 2.24) is 0 Å². The van der Waals surface area contributed by atoms with Crippen molar-refractivity contribution in [3.05, 3.63) is 81.9 Å². The molecule has 282 valence electrons. The average Bonchev–Trinajstić information content (AvgIpc) is 3.11. The maximum atomic E-state index is 12.2. The van der Waals surface area contributed by atoms with E-state index in [-0.39, 0.29) is 45.7 Å². The third-order valence-electron chi connectivity index (χ3n) is 10.1. The minimum atomic E-state index is -1.98. The van der Waals surface area contributed by atoms with Crippen LogP contribution in [0.25, 0.3) is 0 Å². The van der Waals surface area contributed by atoms with Crippen LogP contribution in [0.15, 0.2) is 48.5 Å². The molecular weight excluding hydrogens is 704 g/mol. The molecule has 1 saturated heterocycles. The summed E-state index contributed by atoms with van der Waals surface area (Å²) in [4.78, 5) is 0. The summed E-state index contributed by atoms with van der Waals surface area (Å²) in [6.07, 6.45) is -15.2. The Kier molecular flexibility index (Phi) is 8.98. The number of hydrogen-bond donors (Lipinski definition) is 14. The molecule has 7 rings (SSSR count). The lowest BCUT2D eigenvalue weighted by molar-refractivity contribution is -0.232. The molecule has 53 heavy (non-hydrogen) atoms. The third kappa shape index (κ3) is 5.78. The molecule has 0 spiro atoms. The van der Waals surface area contributed by atoms with Crippen molar-refractivity contribution in [1.29, 1.82) is 0 Å². The molecule has 0 unspecified atom stereocenters. The van der Waals surface area contributed by atoms with Gasteiger partial charge in [-0.3, -0.25) is 0 Å². The molecule has 10 atom stereocenters. The molecular formula is C36H36O17. The molecule has 14 N–H and O–H groups in total. The first-order chi connectivity index (χ1) is 25.1. The summed E-state index contributed by atoms with van der Waals surface area (Å²) in [5.74, 6) is -7.22. The highest BCUT2D eigenvalue weighted by Gasteiger charge is 2.50. The summed E-state index contributed by atoms with van der Waals surface area (Å²) in [5, 5.41) is 151. The first-order valence-corrected chi connectivity index (χ1v) is 16.3. The summed E-state index contributed by atoms with van der Waals surface area (Å²) in [7, 11) is 0. The van der Waals surface area contributed by atoms with Gasteiger partial charge in [-0.1, -0.05) is 12.1 Å². The molecule has 0 amide bonds. The number of fused-ring (bicyclic) bond motifs is 2. The van der Waals surface area contributed by atoms with Crippen molar-refractivity contribution < 1.29 is 85.7 Å². The summed E-state index contributed by atoms with van der Waals surface area (Å²) < 4.78 is 17.9. The van der Waals surface area contributed by atoms with Crippen LogP contribution in [0.5, 0.6) is 57.5 Å². The maximum absolute atomic E-state index is 12.2. The number of rotatable bonds is 5. The Hall–Kier alpha value is -5.40. The fourth-order valence-corrected chi connectivity index (χ4v) is 7.38. The second-order valence-electron chi connectivity index (χ2n) is 13.3. The second-order valence-corrected chi connectivity index (χ2v) is 13.3. The van der Waals surface area contributed by atoms with E-state index in [1.165, 1.54) is 12.1 Å². The van der Waals surface area contributed by atoms with Gasteiger partial charge in [-0.05, 0) is 35.4 Å². The molecule has 0 aliphatic carbocycles. The van der Waals surface area contributed by atoms with Gasteiger partial charge < -0.3 is 85.7 Å². The van der Waals surface area contributed by atoms with Crippen molar-refractivity contribution >= 4 is 0 Å². The normalized spacial score (nSPS) is 29.4. The van der Waals surface area contributed by atoms with Crippen LogP contribution in [0.1, 0.15) is 57.6 Å². The number of phenolic OH excluding ortho intramolecular Hbond substituents is 8. The molecule has 3 heterocycles. The zero-order chi connectivity index (χ0) is 38.2. The number of aliphatic hydroxyl groups is 6. The van der Waals surface area contributed by atoms with E-state index in [4.69, 9.17) is 14.2 Å². The standard InChI is InChI=1S/C36H36O17/c37-10-23-28(46)31(49)32(50)36(52-23)25-20(44)9-22-26(29(25)47)27(30(48)34(51-22)12-2-4-15(39)18(42)6-12)24-19(43)8-16(40)13-7-21(45)33(53-35(13)24)11-1-3-14(38)17(41)5-11/h1-6,8-9,21,23,27-28,30-34,36-50H,7,10H2/t21-,23-,27+,28-,30-,31+,32-,33-,34-,36+/m1/s1. The monoisotopic (exact) mass is 740 g/mol. The number of benzene rings is 4. The van der Waals surface area contributed by atoms with Gasteiger partial charge in [-0.15, -0.1) is 0 Å². The fourth-order valence-electron chi connectivity index (χ4n) is 7.38. The lowest BCUT2D eigenvalue weighted by atomic mass is 9.76. The van der Waals surface area contributed by atoms with Crippen LogP contribution in [-0.4, -0.2) is 115 Å². The molecule has 17 heteroatoms. The zero-order valence-electron chi connectivity index (χ0n) is 27.3. The molecule has 0 aromatic heterocycles. The largest absolute Gasteiger partial charge is 0.507 e. The Morgan fingerprint density at radius 1 is 0.528 bits per heavy atom. The predicted molar refractivity (Wildman–Crippen MR) is 176 cm³/mol. The van der Waals surface area contributed by atoms with Crippen LogP contribution >= 0.6 is 0 Å². The Morgan fingerprint density at radius 2 is 1.13 bits per heavy atom. The van der Waals surface area contributed by atoms with E-state index in [1.807, 2.05) is 0 Å². The van der Waals surface area contributed by atoms with Crippen LogP contribution in [0.3, 0.4) is 0 Å². The van der Waals surface area contributed by atoms with E-state index >= 15 is 0 Å². The topological polar surface area (TPSA) is 311 Å². The number of aromatic hydroxyl groups is 8. The highest BCUT2D eigenvalue weighted by Crippen LogP contribution is 2.59. The van der Waals surface area contributed by atoms with Gasteiger partial charge in [-0.25, -0.2) is 0 Å². The van der Waals surface area contributed by atoms with Crippen molar-refractivity contribution in [2.24, 2.45) is 0 Å². The fraction of sp³-hybridized carbons (Fsp3) is 0.333. The first-order valence-electron chi connectivity index (χ1n) is 16.3. The highest BCUT2D eigenvalue weighted by atomic mass is 16.5. The van der Waals surface area contributed by atoms with Gasteiger partial charge in [0.25, 0.3) is 0 Å². The van der Waals surface area contributed by atoms with E-state index in [9.17, 15) is 71.5 Å².